The molecule has 7 heteroatoms. The predicted molar refractivity (Wildman–Crippen MR) is 178 cm³/mol. The fourth-order valence-corrected chi connectivity index (χ4v) is 6.14. The van der Waals surface area contributed by atoms with E-state index in [1.165, 1.54) is 0 Å². The van der Waals surface area contributed by atoms with Crippen LogP contribution >= 0.6 is 0 Å². The second-order valence-electron chi connectivity index (χ2n) is 13.3. The highest BCUT2D eigenvalue weighted by Gasteiger charge is 2.53. The van der Waals surface area contributed by atoms with Crippen LogP contribution < -0.4 is 15.1 Å². The molecule has 2 aliphatic rings. The second kappa shape index (κ2) is 12.5. The molecule has 0 spiro atoms. The number of carbonyl (C=O) groups is 1. The number of rotatable bonds is 10. The summed E-state index contributed by atoms with van der Waals surface area (Å²) in [4.78, 5) is 15.7. The Labute approximate surface area is 267 Å². The molecule has 2 aliphatic heterocycles. The van der Waals surface area contributed by atoms with Crippen molar-refractivity contribution < 1.29 is 23.9 Å². The topological polar surface area (TPSA) is 68.2 Å². The summed E-state index contributed by atoms with van der Waals surface area (Å²) in [5, 5.41) is 11.0. The Hall–Kier alpha value is -3.91. The van der Waals surface area contributed by atoms with E-state index in [1.54, 1.807) is 0 Å². The third-order valence-corrected chi connectivity index (χ3v) is 9.58. The molecule has 0 aromatic heterocycles. The number of ether oxygens (including phenoxy) is 1. The molecule has 1 N–H and O–H groups in total. The number of hydrogen-bond acceptors (Lipinski definition) is 5. The van der Waals surface area contributed by atoms with Gasteiger partial charge in [-0.3, -0.25) is 4.79 Å². The summed E-state index contributed by atoms with van der Waals surface area (Å²) in [5.41, 5.74) is 4.73. The maximum Gasteiger partial charge on any atom is 0.494 e. The Kier molecular flexibility index (Phi) is 8.62. The fourth-order valence-electron chi connectivity index (χ4n) is 6.14. The minimum Gasteiger partial charge on any atom is -0.489 e. The van der Waals surface area contributed by atoms with Crippen LogP contribution in [0.2, 0.25) is 0 Å². The number of aliphatic hydroxyl groups is 1. The monoisotopic (exact) mass is 603 g/mol. The predicted octanol–water partition coefficient (Wildman–Crippen LogP) is 7.09. The summed E-state index contributed by atoms with van der Waals surface area (Å²) < 4.78 is 19.3. The number of benzene rings is 4. The zero-order valence-electron chi connectivity index (χ0n) is 26.8. The Morgan fingerprint density at radius 3 is 2.13 bits per heavy atom. The lowest BCUT2D eigenvalue weighted by Crippen LogP contribution is -2.55. The first-order valence-electron chi connectivity index (χ1n) is 15.8. The first kappa shape index (κ1) is 31.1. The molecule has 2 saturated heterocycles. The number of amides is 1. The van der Waals surface area contributed by atoms with Gasteiger partial charge in [0.1, 0.15) is 12.4 Å². The molecule has 0 saturated carbocycles. The Morgan fingerprint density at radius 1 is 0.867 bits per heavy atom. The molecular weight excluding hydrogens is 561 g/mol. The number of aryl methyl sites for hydroxylation is 1. The van der Waals surface area contributed by atoms with Gasteiger partial charge in [0.25, 0.3) is 0 Å². The maximum absolute atomic E-state index is 13.8. The third kappa shape index (κ3) is 6.30. The van der Waals surface area contributed by atoms with Crippen molar-refractivity contribution in [2.75, 3.05) is 4.90 Å². The van der Waals surface area contributed by atoms with Gasteiger partial charge in [-0.25, -0.2) is 0 Å². The van der Waals surface area contributed by atoms with Crippen LogP contribution in [0.25, 0.3) is 0 Å². The highest BCUT2D eigenvalue weighted by atomic mass is 16.7. The third-order valence-electron chi connectivity index (χ3n) is 9.58. The van der Waals surface area contributed by atoms with E-state index in [-0.39, 0.29) is 17.9 Å². The highest BCUT2D eigenvalue weighted by molar-refractivity contribution is 6.62. The van der Waals surface area contributed by atoms with E-state index in [0.29, 0.717) is 25.2 Å². The van der Waals surface area contributed by atoms with E-state index in [2.05, 4.69) is 6.07 Å². The normalized spacial score (nSPS) is 21.0. The van der Waals surface area contributed by atoms with Crippen molar-refractivity contribution in [1.82, 2.24) is 0 Å². The zero-order valence-corrected chi connectivity index (χ0v) is 26.8. The van der Waals surface area contributed by atoms with Crippen LogP contribution in [0, 0.1) is 12.8 Å². The van der Waals surface area contributed by atoms with Gasteiger partial charge in [-0.1, -0.05) is 90.5 Å². The minimum absolute atomic E-state index is 0.0475. The van der Waals surface area contributed by atoms with Gasteiger partial charge in [-0.05, 0) is 82.2 Å². The molecule has 3 atom stereocenters. The summed E-state index contributed by atoms with van der Waals surface area (Å²) in [6.07, 6.45) is 0.369. The van der Waals surface area contributed by atoms with Gasteiger partial charge >= 0.3 is 7.12 Å². The largest absolute Gasteiger partial charge is 0.494 e. The van der Waals surface area contributed by atoms with Crippen molar-refractivity contribution in [2.45, 2.75) is 77.4 Å². The molecule has 6 rings (SSSR count). The van der Waals surface area contributed by atoms with E-state index < -0.39 is 24.4 Å². The van der Waals surface area contributed by atoms with E-state index >= 15 is 0 Å². The van der Waals surface area contributed by atoms with Crippen molar-refractivity contribution >= 4 is 24.2 Å². The lowest BCUT2D eigenvalue weighted by Gasteiger charge is -2.48. The summed E-state index contributed by atoms with van der Waals surface area (Å²) in [6, 6.07) is 33.6. The number of β-lactam (4-membered cyclic amide) rings is 1. The fraction of sp³-hybridized carbons (Fsp3) is 0.342. The Balaban J connectivity index is 1.34. The Morgan fingerprint density at radius 2 is 1.49 bits per heavy atom. The summed E-state index contributed by atoms with van der Waals surface area (Å²) >= 11 is 0. The quantitative estimate of drug-likeness (QED) is 0.155. The number of hydrogen-bond donors (Lipinski definition) is 1. The van der Waals surface area contributed by atoms with E-state index in [9.17, 15) is 9.90 Å². The van der Waals surface area contributed by atoms with Crippen LogP contribution in [0.4, 0.5) is 5.69 Å². The van der Waals surface area contributed by atoms with Gasteiger partial charge in [-0.2, -0.15) is 0 Å². The van der Waals surface area contributed by atoms with Gasteiger partial charge in [0.2, 0.25) is 5.91 Å². The van der Waals surface area contributed by atoms with Gasteiger partial charge in [-0.15, -0.1) is 0 Å². The molecular formula is C38H42BNO5. The number of aliphatic hydroxyl groups excluding tert-OH is 1. The molecule has 45 heavy (non-hydrogen) atoms. The van der Waals surface area contributed by atoms with Crippen molar-refractivity contribution in [2.24, 2.45) is 5.92 Å². The lowest BCUT2D eigenvalue weighted by atomic mass is 9.74. The van der Waals surface area contributed by atoms with Gasteiger partial charge < -0.3 is 24.1 Å². The van der Waals surface area contributed by atoms with Crippen molar-refractivity contribution in [3.8, 4) is 5.75 Å². The molecule has 232 valence electrons. The standard InChI is InChI=1S/C38H42BNO5/c1-26-16-18-28(19-17-26)33(41)23-22-32-35(40(36(32)42)30-14-10-7-11-15-30)31-21-20-29(39-44-37(2,3)38(4,5)45-39)24-34(31)43-25-27-12-8-6-9-13-27/h6-21,24,32-33,35,41H,22-23,25H2,1-5H3/t32-,33+,35-/m1/s1. The van der Waals surface area contributed by atoms with Gasteiger partial charge in [0.15, 0.2) is 0 Å². The van der Waals surface area contributed by atoms with E-state index in [0.717, 1.165) is 33.4 Å². The summed E-state index contributed by atoms with van der Waals surface area (Å²) in [6.45, 7) is 10.6. The molecule has 0 unspecified atom stereocenters. The van der Waals surface area contributed by atoms with Crippen molar-refractivity contribution in [1.29, 1.82) is 0 Å². The number of carbonyl (C=O) groups excluding carboxylic acids is 1. The molecule has 0 radical (unpaired) electrons. The summed E-state index contributed by atoms with van der Waals surface area (Å²) in [7, 11) is -0.545. The van der Waals surface area contributed by atoms with E-state index in [1.807, 2.05) is 137 Å². The van der Waals surface area contributed by atoms with Crippen LogP contribution in [0.5, 0.6) is 5.75 Å². The van der Waals surface area contributed by atoms with Crippen molar-refractivity contribution in [3.05, 3.63) is 125 Å². The number of para-hydroxylation sites is 1. The zero-order chi connectivity index (χ0) is 31.8. The first-order valence-corrected chi connectivity index (χ1v) is 15.8. The van der Waals surface area contributed by atoms with Crippen LogP contribution in [-0.4, -0.2) is 29.3 Å². The number of nitrogens with zero attached hydrogens (tertiary/aromatic N) is 1. The molecule has 0 aliphatic carbocycles. The molecule has 0 bridgehead atoms. The molecule has 4 aromatic carbocycles. The SMILES string of the molecule is Cc1ccc([C@@H](O)CC[C@H]2C(=O)N(c3ccccc3)[C@@H]2c2ccc(B3OC(C)(C)C(C)(C)O3)cc2OCc2ccccc2)cc1. The van der Waals surface area contributed by atoms with E-state index in [4.69, 9.17) is 14.0 Å². The van der Waals surface area contributed by atoms with Crippen molar-refractivity contribution in [3.63, 3.8) is 0 Å². The Bertz CT molecular complexity index is 1610. The lowest BCUT2D eigenvalue weighted by molar-refractivity contribution is -0.131. The first-order chi connectivity index (χ1) is 21.5. The second-order valence-corrected chi connectivity index (χ2v) is 13.3. The molecule has 1 amide bonds. The average Bonchev–Trinajstić information content (AvgIpc) is 3.26. The molecule has 2 heterocycles. The summed E-state index contributed by atoms with van der Waals surface area (Å²) in [5.74, 6) is 0.423. The van der Waals surface area contributed by atoms with Crippen LogP contribution in [0.3, 0.4) is 0 Å². The molecule has 6 nitrogen and oxygen atoms in total. The van der Waals surface area contributed by atoms with Gasteiger partial charge in [0, 0.05) is 11.3 Å². The number of anilines is 1. The molecule has 2 fully saturated rings. The molecule has 4 aromatic rings. The minimum atomic E-state index is -0.649. The van der Waals surface area contributed by atoms with Crippen LogP contribution in [0.15, 0.2) is 103 Å². The highest BCUT2D eigenvalue weighted by Crippen LogP contribution is 2.49. The van der Waals surface area contributed by atoms with Crippen LogP contribution in [-0.2, 0) is 20.7 Å². The maximum atomic E-state index is 13.8. The van der Waals surface area contributed by atoms with Gasteiger partial charge in [0.05, 0.1) is 29.3 Å². The smallest absolute Gasteiger partial charge is 0.489 e. The average molecular weight is 604 g/mol. The van der Waals surface area contributed by atoms with Crippen LogP contribution in [0.1, 0.15) is 74.9 Å².